The lowest BCUT2D eigenvalue weighted by Crippen LogP contribution is -1.99. The van der Waals surface area contributed by atoms with Crippen LogP contribution in [0.1, 0.15) is 5.56 Å². The van der Waals surface area contributed by atoms with Crippen LogP contribution in [-0.2, 0) is 0 Å². The van der Waals surface area contributed by atoms with Crippen LogP contribution in [0.5, 0.6) is 0 Å². The maximum absolute atomic E-state index is 13.5. The molecule has 2 aromatic carbocycles. The van der Waals surface area contributed by atoms with Crippen molar-refractivity contribution in [2.24, 2.45) is 0 Å². The molecule has 0 amide bonds. The van der Waals surface area contributed by atoms with Crippen LogP contribution in [0.3, 0.4) is 0 Å². The van der Waals surface area contributed by atoms with Crippen LogP contribution in [-0.4, -0.2) is 4.98 Å². The second kappa shape index (κ2) is 5.66. The summed E-state index contributed by atoms with van der Waals surface area (Å²) in [5.74, 6) is -0.221. The van der Waals surface area contributed by atoms with Crippen LogP contribution in [0.15, 0.2) is 60.7 Å². The molecule has 3 rings (SSSR count). The molecule has 22 heavy (non-hydrogen) atoms. The van der Waals surface area contributed by atoms with Gasteiger partial charge in [0.15, 0.2) is 0 Å². The largest absolute Gasteiger partial charge is 0.383 e. The molecule has 0 aliphatic carbocycles. The number of pyridine rings is 1. The van der Waals surface area contributed by atoms with Crippen molar-refractivity contribution in [2.75, 3.05) is 5.73 Å². The molecule has 1 aromatic heterocycles. The van der Waals surface area contributed by atoms with E-state index in [2.05, 4.69) is 11.1 Å². The highest BCUT2D eigenvalue weighted by Gasteiger charge is 2.13. The Balaban J connectivity index is 2.25. The van der Waals surface area contributed by atoms with E-state index < -0.39 is 0 Å². The van der Waals surface area contributed by atoms with Crippen molar-refractivity contribution in [3.05, 3.63) is 72.0 Å². The fourth-order valence-electron chi connectivity index (χ4n) is 2.32. The Morgan fingerprint density at radius 3 is 2.36 bits per heavy atom. The normalized spacial score (nSPS) is 10.2. The number of hydrogen-bond donors (Lipinski definition) is 1. The first-order chi connectivity index (χ1) is 10.7. The molecular formula is C18H12FN3. The van der Waals surface area contributed by atoms with Crippen molar-refractivity contribution < 1.29 is 4.39 Å². The number of anilines is 1. The smallest absolute Gasteiger partial charge is 0.142 e. The summed E-state index contributed by atoms with van der Waals surface area (Å²) in [7, 11) is 0. The van der Waals surface area contributed by atoms with Crippen LogP contribution in [0.2, 0.25) is 0 Å². The Labute approximate surface area is 127 Å². The first-order valence-corrected chi connectivity index (χ1v) is 6.71. The molecule has 3 nitrogen and oxygen atoms in total. The van der Waals surface area contributed by atoms with Gasteiger partial charge in [-0.1, -0.05) is 42.5 Å². The fourth-order valence-corrected chi connectivity index (χ4v) is 2.32. The number of nitrogen functional groups attached to an aromatic ring is 1. The molecule has 106 valence electrons. The fraction of sp³-hybridized carbons (Fsp3) is 0. The van der Waals surface area contributed by atoms with Gasteiger partial charge in [-0.15, -0.1) is 0 Å². The van der Waals surface area contributed by atoms with Gasteiger partial charge in [-0.2, -0.15) is 5.26 Å². The number of benzene rings is 2. The molecule has 0 saturated heterocycles. The highest BCUT2D eigenvalue weighted by atomic mass is 19.1. The van der Waals surface area contributed by atoms with E-state index >= 15 is 0 Å². The third-order valence-electron chi connectivity index (χ3n) is 3.36. The number of hydrogen-bond acceptors (Lipinski definition) is 3. The first kappa shape index (κ1) is 13.8. The zero-order valence-corrected chi connectivity index (χ0v) is 11.6. The molecule has 0 saturated carbocycles. The lowest BCUT2D eigenvalue weighted by atomic mass is 9.98. The summed E-state index contributed by atoms with van der Waals surface area (Å²) in [6.45, 7) is 0. The summed E-state index contributed by atoms with van der Waals surface area (Å²) in [4.78, 5) is 4.28. The lowest BCUT2D eigenvalue weighted by molar-refractivity contribution is 0.628. The molecule has 0 fully saturated rings. The van der Waals surface area contributed by atoms with Crippen LogP contribution >= 0.6 is 0 Å². The molecule has 0 bridgehead atoms. The Morgan fingerprint density at radius 1 is 0.955 bits per heavy atom. The van der Waals surface area contributed by atoms with Crippen LogP contribution in [0.4, 0.5) is 10.2 Å². The predicted octanol–water partition coefficient (Wildman–Crippen LogP) is 4.01. The Hall–Kier alpha value is -3.19. The minimum Gasteiger partial charge on any atom is -0.383 e. The molecule has 0 aliphatic heterocycles. The molecule has 0 radical (unpaired) electrons. The van der Waals surface area contributed by atoms with Gasteiger partial charge in [0.2, 0.25) is 0 Å². The minimum absolute atomic E-state index is 0.142. The monoisotopic (exact) mass is 289 g/mol. The molecule has 0 spiro atoms. The van der Waals surface area contributed by atoms with E-state index in [1.54, 1.807) is 18.2 Å². The van der Waals surface area contributed by atoms with E-state index in [1.165, 1.54) is 12.1 Å². The van der Waals surface area contributed by atoms with Crippen molar-refractivity contribution in [2.45, 2.75) is 0 Å². The summed E-state index contributed by atoms with van der Waals surface area (Å²) in [5, 5.41) is 9.33. The zero-order valence-electron chi connectivity index (χ0n) is 11.6. The second-order valence-corrected chi connectivity index (χ2v) is 4.80. The van der Waals surface area contributed by atoms with E-state index in [9.17, 15) is 9.65 Å². The Bertz CT molecular complexity index is 867. The van der Waals surface area contributed by atoms with E-state index in [0.29, 0.717) is 16.8 Å². The van der Waals surface area contributed by atoms with Gasteiger partial charge in [0.05, 0.1) is 5.69 Å². The number of nitrogens with zero attached hydrogens (tertiary/aromatic N) is 2. The molecule has 0 unspecified atom stereocenters. The SMILES string of the molecule is N#Cc1c(-c2cccc(F)c2)cc(-c2ccccc2)nc1N. The van der Waals surface area contributed by atoms with Crippen molar-refractivity contribution in [3.63, 3.8) is 0 Å². The average Bonchev–Trinajstić information content (AvgIpc) is 2.55. The van der Waals surface area contributed by atoms with Crippen molar-refractivity contribution in [1.29, 1.82) is 5.26 Å². The molecular weight excluding hydrogens is 277 g/mol. The van der Waals surface area contributed by atoms with Gasteiger partial charge in [0, 0.05) is 11.1 Å². The zero-order chi connectivity index (χ0) is 15.5. The highest BCUT2D eigenvalue weighted by Crippen LogP contribution is 2.31. The number of nitrogens with two attached hydrogens (primary N) is 1. The van der Waals surface area contributed by atoms with E-state index in [1.807, 2.05) is 30.3 Å². The molecule has 2 N–H and O–H groups in total. The first-order valence-electron chi connectivity index (χ1n) is 6.71. The molecule has 3 aromatic rings. The molecule has 1 heterocycles. The number of halogens is 1. The van der Waals surface area contributed by atoms with Crippen molar-refractivity contribution in [3.8, 4) is 28.5 Å². The lowest BCUT2D eigenvalue weighted by Gasteiger charge is -2.10. The minimum atomic E-state index is -0.363. The standard InChI is InChI=1S/C18H12FN3/c19-14-8-4-7-13(9-14)15-10-17(12-5-2-1-3-6-12)22-18(21)16(15)11-20/h1-10H,(H2,21,22). The number of aromatic nitrogens is 1. The maximum Gasteiger partial charge on any atom is 0.142 e. The number of nitriles is 1. The van der Waals surface area contributed by atoms with Crippen molar-refractivity contribution >= 4 is 5.82 Å². The van der Waals surface area contributed by atoms with Crippen molar-refractivity contribution in [1.82, 2.24) is 4.98 Å². The summed E-state index contributed by atoms with van der Waals surface area (Å²) >= 11 is 0. The van der Waals surface area contributed by atoms with Gasteiger partial charge in [-0.25, -0.2) is 9.37 Å². The third kappa shape index (κ3) is 2.52. The van der Waals surface area contributed by atoms with E-state index in [4.69, 9.17) is 5.73 Å². The van der Waals surface area contributed by atoms with Gasteiger partial charge < -0.3 is 5.73 Å². The van der Waals surface area contributed by atoms with Crippen LogP contribution in [0, 0.1) is 17.1 Å². The van der Waals surface area contributed by atoms with Gasteiger partial charge >= 0.3 is 0 Å². The molecule has 0 aliphatic rings. The topological polar surface area (TPSA) is 62.7 Å². The maximum atomic E-state index is 13.5. The van der Waals surface area contributed by atoms with Gasteiger partial charge in [-0.3, -0.25) is 0 Å². The summed E-state index contributed by atoms with van der Waals surface area (Å²) in [6, 6.07) is 19.4. The Morgan fingerprint density at radius 2 is 1.68 bits per heavy atom. The van der Waals surface area contributed by atoms with Crippen LogP contribution in [0.25, 0.3) is 22.4 Å². The quantitative estimate of drug-likeness (QED) is 0.775. The summed E-state index contributed by atoms with van der Waals surface area (Å²) in [6.07, 6.45) is 0. The van der Waals surface area contributed by atoms with Crippen LogP contribution < -0.4 is 5.73 Å². The predicted molar refractivity (Wildman–Crippen MR) is 84.2 cm³/mol. The van der Waals surface area contributed by atoms with E-state index in [0.717, 1.165) is 5.56 Å². The van der Waals surface area contributed by atoms with E-state index in [-0.39, 0.29) is 17.2 Å². The summed E-state index contributed by atoms with van der Waals surface area (Å²) < 4.78 is 13.5. The highest BCUT2D eigenvalue weighted by molar-refractivity contribution is 5.80. The Kier molecular flexibility index (Phi) is 3.55. The van der Waals surface area contributed by atoms with Gasteiger partial charge in [0.1, 0.15) is 23.3 Å². The third-order valence-corrected chi connectivity index (χ3v) is 3.36. The number of rotatable bonds is 2. The second-order valence-electron chi connectivity index (χ2n) is 4.80. The van der Waals surface area contributed by atoms with Gasteiger partial charge in [-0.05, 0) is 23.8 Å². The summed E-state index contributed by atoms with van der Waals surface area (Å²) in [5.41, 5.74) is 8.88. The average molecular weight is 289 g/mol. The van der Waals surface area contributed by atoms with Gasteiger partial charge in [0.25, 0.3) is 0 Å². The molecule has 4 heteroatoms. The molecule has 0 atom stereocenters.